The van der Waals surface area contributed by atoms with Gasteiger partial charge in [0.25, 0.3) is 0 Å². The molecule has 1 heterocycles. The van der Waals surface area contributed by atoms with Crippen molar-refractivity contribution in [1.82, 2.24) is 4.57 Å². The van der Waals surface area contributed by atoms with Crippen LogP contribution in [0.1, 0.15) is 42.0 Å². The zero-order valence-corrected chi connectivity index (χ0v) is 24.6. The normalized spacial score (nSPS) is 12.0. The molecule has 0 aliphatic rings. The van der Waals surface area contributed by atoms with Gasteiger partial charge < -0.3 is 14.5 Å². The third kappa shape index (κ3) is 6.55. The lowest BCUT2D eigenvalue weighted by Gasteiger charge is -2.09. The van der Waals surface area contributed by atoms with Crippen LogP contribution in [0.5, 0.6) is 0 Å². The van der Waals surface area contributed by atoms with E-state index in [9.17, 15) is 5.21 Å². The van der Waals surface area contributed by atoms with E-state index in [2.05, 4.69) is 77.3 Å². The van der Waals surface area contributed by atoms with E-state index in [4.69, 9.17) is 16.3 Å². The Morgan fingerprint density at radius 1 is 0.950 bits per heavy atom. The van der Waals surface area contributed by atoms with Crippen LogP contribution in [0.3, 0.4) is 0 Å². The molecule has 1 aromatic heterocycles. The molecule has 0 saturated carbocycles. The average molecular weight is 571 g/mol. The second kappa shape index (κ2) is 13.4. The second-order valence-electron chi connectivity index (χ2n) is 9.99. The Kier molecular flexibility index (Phi) is 9.48. The Balaban J connectivity index is 1.42. The second-order valence-corrected chi connectivity index (χ2v) is 11.6. The monoisotopic (exact) mass is 570 g/mol. The number of aromatic nitrogens is 1. The number of aryl methyl sites for hydroxylation is 1. The minimum absolute atomic E-state index is 0.663. The van der Waals surface area contributed by atoms with Crippen LogP contribution in [0.25, 0.3) is 21.8 Å². The molecular formula is C34H35ClN2O2S. The van der Waals surface area contributed by atoms with Crippen LogP contribution in [0.4, 0.5) is 0 Å². The zero-order valence-electron chi connectivity index (χ0n) is 23.1. The number of hydrogen-bond acceptors (Lipinski definition) is 4. The molecule has 0 saturated heterocycles. The van der Waals surface area contributed by atoms with Crippen molar-refractivity contribution in [3.63, 3.8) is 0 Å². The van der Waals surface area contributed by atoms with Gasteiger partial charge in [-0.2, -0.15) is 0 Å². The average Bonchev–Trinajstić information content (AvgIpc) is 3.27. The van der Waals surface area contributed by atoms with Crippen molar-refractivity contribution >= 4 is 50.9 Å². The maximum absolute atomic E-state index is 9.94. The van der Waals surface area contributed by atoms with Gasteiger partial charge in [-0.1, -0.05) is 53.2 Å². The zero-order chi connectivity index (χ0) is 27.9. The molecule has 0 radical (unpaired) electrons. The van der Waals surface area contributed by atoms with Gasteiger partial charge in [0.15, 0.2) is 0 Å². The van der Waals surface area contributed by atoms with E-state index in [0.29, 0.717) is 25.3 Å². The number of halogens is 1. The Morgan fingerprint density at radius 2 is 1.70 bits per heavy atom. The van der Waals surface area contributed by atoms with Crippen molar-refractivity contribution in [2.45, 2.75) is 44.6 Å². The summed E-state index contributed by atoms with van der Waals surface area (Å²) < 4.78 is 8.06. The van der Waals surface area contributed by atoms with Crippen LogP contribution in [-0.2, 0) is 17.7 Å². The van der Waals surface area contributed by atoms with E-state index in [-0.39, 0.29) is 0 Å². The highest BCUT2D eigenvalue weighted by Gasteiger charge is 2.15. The minimum Gasteiger partial charge on any atom is -0.411 e. The lowest BCUT2D eigenvalue weighted by molar-refractivity contribution is 0.140. The summed E-state index contributed by atoms with van der Waals surface area (Å²) in [5.41, 5.74) is 7.97. The molecule has 6 heteroatoms. The quantitative estimate of drug-likeness (QED) is 0.0534. The highest BCUT2D eigenvalue weighted by molar-refractivity contribution is 7.99. The molecule has 0 spiro atoms. The largest absolute Gasteiger partial charge is 0.411 e. The predicted octanol–water partition coefficient (Wildman–Crippen LogP) is 9.13. The first kappa shape index (κ1) is 28.3. The number of hydrogen-bond donors (Lipinski definition) is 1. The summed E-state index contributed by atoms with van der Waals surface area (Å²) in [5.74, 6) is 0.932. The SMILES string of the molecule is CCOCCn1c2ccc(Cc3ccccc3C)cc2c2cc(/C(CCCSc3ccc(Cl)cc3)=N/O)ccc21. The molecule has 206 valence electrons. The molecule has 0 aliphatic carbocycles. The molecule has 5 aromatic rings. The van der Waals surface area contributed by atoms with Gasteiger partial charge in [0, 0.05) is 50.4 Å². The predicted molar refractivity (Wildman–Crippen MR) is 170 cm³/mol. The topological polar surface area (TPSA) is 46.8 Å². The smallest absolute Gasteiger partial charge is 0.0868 e. The van der Waals surface area contributed by atoms with Crippen LogP contribution in [0.15, 0.2) is 95.0 Å². The summed E-state index contributed by atoms with van der Waals surface area (Å²) in [5, 5.41) is 16.8. The van der Waals surface area contributed by atoms with Crippen molar-refractivity contribution in [2.24, 2.45) is 5.16 Å². The van der Waals surface area contributed by atoms with E-state index in [1.54, 1.807) is 11.8 Å². The lowest BCUT2D eigenvalue weighted by atomic mass is 9.98. The van der Waals surface area contributed by atoms with Gasteiger partial charge in [0.1, 0.15) is 0 Å². The van der Waals surface area contributed by atoms with Crippen LogP contribution < -0.4 is 0 Å². The Hall–Kier alpha value is -3.25. The molecular weight excluding hydrogens is 536 g/mol. The first-order valence-electron chi connectivity index (χ1n) is 13.8. The Bertz CT molecular complexity index is 1630. The number of ether oxygens (including phenoxy) is 1. The first-order chi connectivity index (χ1) is 19.6. The number of benzene rings is 4. The summed E-state index contributed by atoms with van der Waals surface area (Å²) in [7, 11) is 0. The maximum atomic E-state index is 9.94. The van der Waals surface area contributed by atoms with Crippen LogP contribution in [0.2, 0.25) is 5.02 Å². The lowest BCUT2D eigenvalue weighted by Crippen LogP contribution is -2.06. The maximum Gasteiger partial charge on any atom is 0.0868 e. The van der Waals surface area contributed by atoms with Crippen LogP contribution in [-0.4, -0.2) is 34.5 Å². The molecule has 0 aliphatic heterocycles. The molecule has 0 unspecified atom stereocenters. The number of rotatable bonds is 12. The number of oxime groups is 1. The van der Waals surface area contributed by atoms with Crippen LogP contribution >= 0.6 is 23.4 Å². The van der Waals surface area contributed by atoms with Gasteiger partial charge >= 0.3 is 0 Å². The summed E-state index contributed by atoms with van der Waals surface area (Å²) in [6.45, 7) is 6.35. The highest BCUT2D eigenvalue weighted by atomic mass is 35.5. The van der Waals surface area contributed by atoms with Crippen molar-refractivity contribution < 1.29 is 9.94 Å². The summed E-state index contributed by atoms with van der Waals surface area (Å²) >= 11 is 7.79. The van der Waals surface area contributed by atoms with E-state index in [0.717, 1.165) is 35.7 Å². The van der Waals surface area contributed by atoms with E-state index in [1.165, 1.54) is 43.4 Å². The van der Waals surface area contributed by atoms with Gasteiger partial charge in [-0.25, -0.2) is 0 Å². The van der Waals surface area contributed by atoms with E-state index in [1.807, 2.05) is 31.2 Å². The fourth-order valence-electron chi connectivity index (χ4n) is 5.22. The Morgan fingerprint density at radius 3 is 2.45 bits per heavy atom. The molecule has 4 aromatic carbocycles. The molecule has 5 rings (SSSR count). The number of nitrogens with zero attached hydrogens (tertiary/aromatic N) is 2. The van der Waals surface area contributed by atoms with Crippen molar-refractivity contribution in [3.8, 4) is 0 Å². The summed E-state index contributed by atoms with van der Waals surface area (Å²) in [4.78, 5) is 1.19. The fraction of sp³-hybridized carbons (Fsp3) is 0.265. The molecule has 4 nitrogen and oxygen atoms in total. The molecule has 0 amide bonds. The van der Waals surface area contributed by atoms with Gasteiger partial charge in [0.05, 0.1) is 12.3 Å². The van der Waals surface area contributed by atoms with E-state index >= 15 is 0 Å². The fourth-order valence-corrected chi connectivity index (χ4v) is 6.20. The minimum atomic E-state index is 0.663. The number of thioether (sulfide) groups is 1. The van der Waals surface area contributed by atoms with Gasteiger partial charge in [-0.15, -0.1) is 11.8 Å². The molecule has 1 N–H and O–H groups in total. The Labute approximate surface area is 245 Å². The van der Waals surface area contributed by atoms with Gasteiger partial charge in [0.2, 0.25) is 0 Å². The van der Waals surface area contributed by atoms with Crippen molar-refractivity contribution in [1.29, 1.82) is 0 Å². The molecule has 40 heavy (non-hydrogen) atoms. The third-order valence-corrected chi connectivity index (χ3v) is 8.69. The van der Waals surface area contributed by atoms with Crippen molar-refractivity contribution in [2.75, 3.05) is 19.0 Å². The van der Waals surface area contributed by atoms with Crippen molar-refractivity contribution in [3.05, 3.63) is 112 Å². The number of fused-ring (bicyclic) bond motifs is 3. The van der Waals surface area contributed by atoms with Gasteiger partial charge in [-0.05, 0) is 104 Å². The van der Waals surface area contributed by atoms with E-state index < -0.39 is 0 Å². The first-order valence-corrected chi connectivity index (χ1v) is 15.2. The summed E-state index contributed by atoms with van der Waals surface area (Å²) in [6, 6.07) is 29.7. The standard InChI is InChI=1S/C34H35ClN2O2S/c1-3-39-19-18-37-33-16-10-25(21-26-8-5-4-7-24(26)2)22-30(33)31-23-27(11-17-34(31)37)32(36-38)9-6-20-40-29-14-12-28(35)13-15-29/h4-5,7-8,10-17,22-23,38H,3,6,9,18-21H2,1-2H3/b36-32+. The highest BCUT2D eigenvalue weighted by Crippen LogP contribution is 2.32. The summed E-state index contributed by atoms with van der Waals surface area (Å²) in [6.07, 6.45) is 2.49. The third-order valence-electron chi connectivity index (χ3n) is 7.34. The van der Waals surface area contributed by atoms with Gasteiger partial charge in [-0.3, -0.25) is 0 Å². The molecule has 0 atom stereocenters. The molecule has 0 bridgehead atoms. The molecule has 0 fully saturated rings. The van der Waals surface area contributed by atoms with Crippen LogP contribution in [0, 0.1) is 6.92 Å².